The number of thiazole rings is 1. The first-order valence-corrected chi connectivity index (χ1v) is 6.91. The fourth-order valence-corrected chi connectivity index (χ4v) is 2.56. The monoisotopic (exact) mass is 277 g/mol. The first-order valence-electron chi connectivity index (χ1n) is 5.62. The Kier molecular flexibility index (Phi) is 3.93. The highest BCUT2D eigenvalue weighted by Crippen LogP contribution is 2.21. The molecular formula is C13H15N3S2. The van der Waals surface area contributed by atoms with Gasteiger partial charge in [0.2, 0.25) is 0 Å². The first kappa shape index (κ1) is 13.0. The number of aryl methyl sites for hydroxylation is 2. The molecule has 0 aliphatic rings. The number of benzene rings is 1. The molecule has 94 valence electrons. The summed E-state index contributed by atoms with van der Waals surface area (Å²) in [5, 5.41) is 6.50. The van der Waals surface area contributed by atoms with E-state index in [0.29, 0.717) is 11.5 Å². The van der Waals surface area contributed by atoms with Crippen LogP contribution in [-0.2, 0) is 6.54 Å². The summed E-state index contributed by atoms with van der Waals surface area (Å²) < 4.78 is 0. The molecule has 0 aliphatic carbocycles. The maximum Gasteiger partial charge on any atom is 0.106 e. The normalized spacial score (nSPS) is 10.3. The van der Waals surface area contributed by atoms with Gasteiger partial charge in [0.15, 0.2) is 0 Å². The Bertz CT molecular complexity index is 575. The van der Waals surface area contributed by atoms with Gasteiger partial charge in [0, 0.05) is 16.6 Å². The molecule has 2 aromatic rings. The van der Waals surface area contributed by atoms with Gasteiger partial charge >= 0.3 is 0 Å². The molecule has 0 spiro atoms. The number of rotatable bonds is 4. The highest BCUT2D eigenvalue weighted by atomic mass is 32.1. The zero-order chi connectivity index (χ0) is 13.1. The van der Waals surface area contributed by atoms with Crippen LogP contribution in [0.5, 0.6) is 0 Å². The zero-order valence-corrected chi connectivity index (χ0v) is 12.0. The molecule has 5 heteroatoms. The van der Waals surface area contributed by atoms with E-state index in [9.17, 15) is 0 Å². The minimum absolute atomic E-state index is 0.413. The Labute approximate surface area is 116 Å². The topological polar surface area (TPSA) is 50.9 Å². The molecule has 0 unspecified atom stereocenters. The van der Waals surface area contributed by atoms with Gasteiger partial charge in [-0.05, 0) is 25.5 Å². The van der Waals surface area contributed by atoms with Crippen LogP contribution < -0.4 is 11.1 Å². The fraction of sp³-hybridized carbons (Fsp3) is 0.231. The molecule has 0 amide bonds. The zero-order valence-electron chi connectivity index (χ0n) is 10.4. The van der Waals surface area contributed by atoms with Crippen molar-refractivity contribution in [3.63, 3.8) is 0 Å². The molecule has 3 N–H and O–H groups in total. The second-order valence-electron chi connectivity index (χ2n) is 4.07. The summed E-state index contributed by atoms with van der Waals surface area (Å²) in [7, 11) is 0. The van der Waals surface area contributed by atoms with Crippen LogP contribution in [0.3, 0.4) is 0 Å². The van der Waals surface area contributed by atoms with Crippen molar-refractivity contribution < 1.29 is 0 Å². The van der Waals surface area contributed by atoms with Crippen LogP contribution in [-0.4, -0.2) is 9.97 Å². The van der Waals surface area contributed by atoms with Gasteiger partial charge in [0.25, 0.3) is 0 Å². The predicted molar refractivity (Wildman–Crippen MR) is 81.2 cm³/mol. The van der Waals surface area contributed by atoms with Crippen molar-refractivity contribution in [2.75, 3.05) is 5.32 Å². The first-order chi connectivity index (χ1) is 8.58. The smallest absolute Gasteiger partial charge is 0.106 e. The SMILES string of the molecule is Cc1nc(CNc2c(C)cccc2C(N)=S)cs1. The third kappa shape index (κ3) is 2.86. The Morgan fingerprint density at radius 3 is 2.83 bits per heavy atom. The molecule has 0 radical (unpaired) electrons. The van der Waals surface area contributed by atoms with Gasteiger partial charge in [0.1, 0.15) is 4.99 Å². The molecule has 2 rings (SSSR count). The van der Waals surface area contributed by atoms with Crippen LogP contribution in [0.15, 0.2) is 23.6 Å². The molecular weight excluding hydrogens is 262 g/mol. The lowest BCUT2D eigenvalue weighted by Gasteiger charge is -2.13. The van der Waals surface area contributed by atoms with Gasteiger partial charge in [-0.2, -0.15) is 0 Å². The number of nitrogens with two attached hydrogens (primary N) is 1. The number of hydrogen-bond donors (Lipinski definition) is 2. The van der Waals surface area contributed by atoms with Crippen LogP contribution in [0.25, 0.3) is 0 Å². The van der Waals surface area contributed by atoms with E-state index in [1.54, 1.807) is 11.3 Å². The third-order valence-electron chi connectivity index (χ3n) is 2.65. The molecule has 0 bridgehead atoms. The quantitative estimate of drug-likeness (QED) is 0.844. The van der Waals surface area contributed by atoms with E-state index in [1.165, 1.54) is 0 Å². The molecule has 0 fully saturated rings. The van der Waals surface area contributed by atoms with Gasteiger partial charge < -0.3 is 11.1 Å². The van der Waals surface area contributed by atoms with Gasteiger partial charge in [-0.1, -0.05) is 24.4 Å². The van der Waals surface area contributed by atoms with Crippen LogP contribution in [0, 0.1) is 13.8 Å². The van der Waals surface area contributed by atoms with Gasteiger partial charge in [-0.3, -0.25) is 0 Å². The Morgan fingerprint density at radius 2 is 2.22 bits per heavy atom. The second kappa shape index (κ2) is 5.46. The van der Waals surface area contributed by atoms with Gasteiger partial charge in [-0.25, -0.2) is 4.98 Å². The van der Waals surface area contributed by atoms with Crippen LogP contribution in [0.2, 0.25) is 0 Å². The Morgan fingerprint density at radius 1 is 1.44 bits per heavy atom. The summed E-state index contributed by atoms with van der Waals surface area (Å²) in [4.78, 5) is 4.83. The van der Waals surface area contributed by atoms with Gasteiger partial charge in [0.05, 0.1) is 17.2 Å². The largest absolute Gasteiger partial charge is 0.389 e. The van der Waals surface area contributed by atoms with E-state index in [4.69, 9.17) is 18.0 Å². The van der Waals surface area contributed by atoms with Crippen molar-refractivity contribution >= 4 is 34.2 Å². The van der Waals surface area contributed by atoms with Crippen molar-refractivity contribution in [1.82, 2.24) is 4.98 Å². The molecule has 1 aromatic carbocycles. The van der Waals surface area contributed by atoms with E-state index in [0.717, 1.165) is 27.5 Å². The van der Waals surface area contributed by atoms with Crippen LogP contribution in [0.4, 0.5) is 5.69 Å². The number of anilines is 1. The summed E-state index contributed by atoms with van der Waals surface area (Å²) in [6.07, 6.45) is 0. The Balaban J connectivity index is 2.20. The van der Waals surface area contributed by atoms with E-state index in [-0.39, 0.29) is 0 Å². The number of nitrogens with zero attached hydrogens (tertiary/aromatic N) is 1. The fourth-order valence-electron chi connectivity index (χ4n) is 1.78. The second-order valence-corrected chi connectivity index (χ2v) is 5.58. The Hall–Kier alpha value is -1.46. The average Bonchev–Trinajstić information content (AvgIpc) is 2.73. The predicted octanol–water partition coefficient (Wildman–Crippen LogP) is 3.01. The molecule has 1 aromatic heterocycles. The summed E-state index contributed by atoms with van der Waals surface area (Å²) >= 11 is 6.72. The highest BCUT2D eigenvalue weighted by molar-refractivity contribution is 7.80. The summed E-state index contributed by atoms with van der Waals surface area (Å²) in [5.74, 6) is 0. The lowest BCUT2D eigenvalue weighted by atomic mass is 10.1. The van der Waals surface area contributed by atoms with E-state index in [1.807, 2.05) is 32.0 Å². The number of hydrogen-bond acceptors (Lipinski definition) is 4. The van der Waals surface area contributed by atoms with Crippen molar-refractivity contribution in [3.05, 3.63) is 45.4 Å². The summed E-state index contributed by atoms with van der Waals surface area (Å²) in [6.45, 7) is 4.73. The minimum atomic E-state index is 0.413. The summed E-state index contributed by atoms with van der Waals surface area (Å²) in [6, 6.07) is 5.93. The number of para-hydroxylation sites is 1. The van der Waals surface area contributed by atoms with Crippen molar-refractivity contribution in [2.45, 2.75) is 20.4 Å². The molecule has 3 nitrogen and oxygen atoms in total. The molecule has 0 atom stereocenters. The standard InChI is InChI=1S/C13H15N3S2/c1-8-4-3-5-11(13(14)17)12(8)15-6-10-7-18-9(2)16-10/h3-5,7,15H,6H2,1-2H3,(H2,14,17). The highest BCUT2D eigenvalue weighted by Gasteiger charge is 2.08. The lowest BCUT2D eigenvalue weighted by Crippen LogP contribution is -2.14. The molecule has 0 saturated heterocycles. The average molecular weight is 277 g/mol. The van der Waals surface area contributed by atoms with Crippen molar-refractivity contribution in [3.8, 4) is 0 Å². The minimum Gasteiger partial charge on any atom is -0.389 e. The van der Waals surface area contributed by atoms with Crippen molar-refractivity contribution in [2.24, 2.45) is 5.73 Å². The number of aromatic nitrogens is 1. The van der Waals surface area contributed by atoms with E-state index in [2.05, 4.69) is 15.7 Å². The van der Waals surface area contributed by atoms with E-state index >= 15 is 0 Å². The molecule has 0 aliphatic heterocycles. The van der Waals surface area contributed by atoms with Crippen LogP contribution >= 0.6 is 23.6 Å². The van der Waals surface area contributed by atoms with Crippen LogP contribution in [0.1, 0.15) is 21.8 Å². The molecule has 18 heavy (non-hydrogen) atoms. The molecule has 0 saturated carbocycles. The maximum atomic E-state index is 5.73. The van der Waals surface area contributed by atoms with Gasteiger partial charge in [-0.15, -0.1) is 11.3 Å². The van der Waals surface area contributed by atoms with E-state index < -0.39 is 0 Å². The summed E-state index contributed by atoms with van der Waals surface area (Å²) in [5.41, 5.74) is 9.78. The van der Waals surface area contributed by atoms with Crippen molar-refractivity contribution in [1.29, 1.82) is 0 Å². The lowest BCUT2D eigenvalue weighted by molar-refractivity contribution is 1.05. The molecule has 1 heterocycles. The number of nitrogens with one attached hydrogen (secondary N) is 1. The maximum absolute atomic E-state index is 5.73. The number of thiocarbonyl (C=S) groups is 1. The third-order valence-corrected chi connectivity index (χ3v) is 3.69.